The fourth-order valence-electron chi connectivity index (χ4n) is 4.10. The highest BCUT2D eigenvalue weighted by Gasteiger charge is 2.30. The quantitative estimate of drug-likeness (QED) is 0.676. The van der Waals surface area contributed by atoms with Crippen molar-refractivity contribution < 1.29 is 18.7 Å². The number of thioether (sulfide) groups is 1. The third-order valence-electron chi connectivity index (χ3n) is 5.77. The van der Waals surface area contributed by atoms with Crippen LogP contribution in [0.15, 0.2) is 29.1 Å². The molecule has 170 valence electrons. The van der Waals surface area contributed by atoms with Gasteiger partial charge in [0.05, 0.1) is 17.7 Å². The lowest BCUT2D eigenvalue weighted by Gasteiger charge is -2.28. The van der Waals surface area contributed by atoms with Crippen LogP contribution < -0.4 is 10.3 Å². The highest BCUT2D eigenvalue weighted by Crippen LogP contribution is 2.27. The van der Waals surface area contributed by atoms with E-state index in [4.69, 9.17) is 16.3 Å². The molecule has 1 fully saturated rings. The van der Waals surface area contributed by atoms with Crippen LogP contribution in [0, 0.1) is 5.82 Å². The Labute approximate surface area is 194 Å². The summed E-state index contributed by atoms with van der Waals surface area (Å²) in [5.41, 5.74) is 0.869. The number of carbonyl (C=O) groups excluding carboxylic acids is 2. The van der Waals surface area contributed by atoms with Gasteiger partial charge >= 0.3 is 0 Å². The minimum atomic E-state index is -0.521. The number of amides is 2. The summed E-state index contributed by atoms with van der Waals surface area (Å²) in [4.78, 5) is 42.5. The van der Waals surface area contributed by atoms with Crippen LogP contribution in [0.4, 0.5) is 4.39 Å². The number of aromatic nitrogens is 1. The SMILES string of the molecule is COc1cc(=O)n2c(c1C(=O)N1CCSCC1)CCN(C(=O)c1ccc(F)cc1Cl)CC2. The number of hydrogen-bond acceptors (Lipinski definition) is 5. The lowest BCUT2D eigenvalue weighted by Crippen LogP contribution is -2.39. The molecule has 32 heavy (non-hydrogen) atoms. The van der Waals surface area contributed by atoms with Gasteiger partial charge in [-0.15, -0.1) is 0 Å². The Balaban J connectivity index is 1.67. The molecular weight excluding hydrogens is 457 g/mol. The van der Waals surface area contributed by atoms with E-state index < -0.39 is 5.82 Å². The number of halogens is 2. The lowest BCUT2D eigenvalue weighted by atomic mass is 10.1. The van der Waals surface area contributed by atoms with E-state index in [1.165, 1.54) is 25.3 Å². The van der Waals surface area contributed by atoms with E-state index >= 15 is 0 Å². The summed E-state index contributed by atoms with van der Waals surface area (Å²) >= 11 is 7.88. The third-order valence-corrected chi connectivity index (χ3v) is 7.03. The fraction of sp³-hybridized carbons (Fsp3) is 0.409. The molecule has 7 nitrogen and oxygen atoms in total. The number of methoxy groups -OCH3 is 1. The Kier molecular flexibility index (Phi) is 6.76. The van der Waals surface area contributed by atoms with Crippen molar-refractivity contribution >= 4 is 35.2 Å². The van der Waals surface area contributed by atoms with Gasteiger partial charge in [0.15, 0.2) is 0 Å². The molecule has 2 aromatic rings. The molecule has 0 aliphatic carbocycles. The van der Waals surface area contributed by atoms with E-state index in [1.54, 1.807) is 26.1 Å². The van der Waals surface area contributed by atoms with E-state index in [9.17, 15) is 18.8 Å². The molecule has 2 aliphatic heterocycles. The molecule has 0 unspecified atom stereocenters. The maximum Gasteiger partial charge on any atom is 0.259 e. The molecule has 1 saturated heterocycles. The van der Waals surface area contributed by atoms with Crippen LogP contribution in [0.1, 0.15) is 26.4 Å². The van der Waals surface area contributed by atoms with Crippen LogP contribution in [0.25, 0.3) is 0 Å². The molecule has 0 atom stereocenters. The van der Waals surface area contributed by atoms with Crippen molar-refractivity contribution in [3.8, 4) is 5.75 Å². The Morgan fingerprint density at radius 2 is 1.75 bits per heavy atom. The smallest absolute Gasteiger partial charge is 0.259 e. The van der Waals surface area contributed by atoms with Crippen molar-refractivity contribution in [2.24, 2.45) is 0 Å². The van der Waals surface area contributed by atoms with Gasteiger partial charge < -0.3 is 19.1 Å². The first-order valence-electron chi connectivity index (χ1n) is 10.3. The van der Waals surface area contributed by atoms with Crippen molar-refractivity contribution in [2.45, 2.75) is 13.0 Å². The summed E-state index contributed by atoms with van der Waals surface area (Å²) < 4.78 is 20.4. The summed E-state index contributed by atoms with van der Waals surface area (Å²) in [5.74, 6) is 0.961. The molecule has 0 bridgehead atoms. The van der Waals surface area contributed by atoms with E-state index in [-0.39, 0.29) is 53.3 Å². The average molecular weight is 480 g/mol. The van der Waals surface area contributed by atoms with Crippen molar-refractivity contribution in [3.63, 3.8) is 0 Å². The number of fused-ring (bicyclic) bond motifs is 1. The lowest BCUT2D eigenvalue weighted by molar-refractivity contribution is 0.0757. The normalized spacial score (nSPS) is 16.3. The summed E-state index contributed by atoms with van der Waals surface area (Å²) in [6, 6.07) is 4.99. The van der Waals surface area contributed by atoms with Gasteiger partial charge in [0.2, 0.25) is 0 Å². The van der Waals surface area contributed by atoms with Gasteiger partial charge in [-0.05, 0) is 18.2 Å². The molecule has 0 radical (unpaired) electrons. The van der Waals surface area contributed by atoms with Crippen LogP contribution in [0.2, 0.25) is 5.02 Å². The summed E-state index contributed by atoms with van der Waals surface area (Å²) in [6.07, 6.45) is 0.306. The standard InChI is InChI=1S/C22H23ClFN3O4S/c1-31-18-13-19(28)27-7-6-25(21(29)15-3-2-14(24)12-16(15)23)5-4-17(27)20(18)22(30)26-8-10-32-11-9-26/h2-3,12-13H,4-11H2,1H3. The van der Waals surface area contributed by atoms with E-state index in [2.05, 4.69) is 0 Å². The minimum Gasteiger partial charge on any atom is -0.496 e. The van der Waals surface area contributed by atoms with Gasteiger partial charge in [0.1, 0.15) is 17.1 Å². The van der Waals surface area contributed by atoms with Crippen LogP contribution in [0.5, 0.6) is 5.75 Å². The molecule has 4 rings (SSSR count). The van der Waals surface area contributed by atoms with Crippen molar-refractivity contribution in [1.29, 1.82) is 0 Å². The fourth-order valence-corrected chi connectivity index (χ4v) is 5.25. The highest BCUT2D eigenvalue weighted by molar-refractivity contribution is 7.99. The van der Waals surface area contributed by atoms with E-state index in [1.807, 2.05) is 0 Å². The number of rotatable bonds is 3. The number of hydrogen-bond donors (Lipinski definition) is 0. The van der Waals surface area contributed by atoms with Gasteiger partial charge in [-0.1, -0.05) is 11.6 Å². The molecule has 10 heteroatoms. The molecule has 2 aliphatic rings. The topological polar surface area (TPSA) is 71.8 Å². The maximum absolute atomic E-state index is 13.4. The average Bonchev–Trinajstić information content (AvgIpc) is 3.02. The molecule has 3 heterocycles. The first kappa shape index (κ1) is 22.7. The minimum absolute atomic E-state index is 0.0365. The maximum atomic E-state index is 13.4. The van der Waals surface area contributed by atoms with E-state index in [0.29, 0.717) is 30.8 Å². The second-order valence-electron chi connectivity index (χ2n) is 7.60. The van der Waals surface area contributed by atoms with Crippen molar-refractivity contribution in [2.75, 3.05) is 44.8 Å². The monoisotopic (exact) mass is 479 g/mol. The highest BCUT2D eigenvalue weighted by atomic mass is 35.5. The first-order chi connectivity index (χ1) is 15.4. The summed E-state index contributed by atoms with van der Waals surface area (Å²) in [7, 11) is 1.44. The second-order valence-corrected chi connectivity index (χ2v) is 9.23. The van der Waals surface area contributed by atoms with Gasteiger partial charge in [-0.25, -0.2) is 4.39 Å². The zero-order valence-corrected chi connectivity index (χ0v) is 19.2. The molecule has 0 spiro atoms. The summed E-state index contributed by atoms with van der Waals surface area (Å²) in [6.45, 7) is 2.06. The first-order valence-corrected chi connectivity index (χ1v) is 11.9. The Morgan fingerprint density at radius 3 is 2.44 bits per heavy atom. The predicted octanol–water partition coefficient (Wildman–Crippen LogP) is 2.54. The van der Waals surface area contributed by atoms with Gasteiger partial charge in [0, 0.05) is 62.4 Å². The number of pyridine rings is 1. The van der Waals surface area contributed by atoms with Crippen LogP contribution in [-0.2, 0) is 13.0 Å². The van der Waals surface area contributed by atoms with Crippen molar-refractivity contribution in [3.05, 3.63) is 62.3 Å². The van der Waals surface area contributed by atoms with Crippen LogP contribution >= 0.6 is 23.4 Å². The third kappa shape index (κ3) is 4.36. The predicted molar refractivity (Wildman–Crippen MR) is 122 cm³/mol. The molecule has 0 N–H and O–H groups in total. The number of carbonyl (C=O) groups is 2. The van der Waals surface area contributed by atoms with Gasteiger partial charge in [0.25, 0.3) is 17.4 Å². The Morgan fingerprint density at radius 1 is 1.03 bits per heavy atom. The number of ether oxygens (including phenoxy) is 1. The van der Waals surface area contributed by atoms with Crippen LogP contribution in [-0.4, -0.2) is 71.0 Å². The number of nitrogens with zero attached hydrogens (tertiary/aromatic N) is 3. The zero-order valence-electron chi connectivity index (χ0n) is 17.6. The summed E-state index contributed by atoms with van der Waals surface area (Å²) in [5, 5.41) is 0.0365. The molecule has 2 amide bonds. The Hall–Kier alpha value is -2.52. The molecule has 0 saturated carbocycles. The van der Waals surface area contributed by atoms with Crippen molar-refractivity contribution in [1.82, 2.24) is 14.4 Å². The van der Waals surface area contributed by atoms with Crippen LogP contribution in [0.3, 0.4) is 0 Å². The second kappa shape index (κ2) is 9.54. The molecule has 1 aromatic heterocycles. The Bertz CT molecular complexity index is 1120. The van der Waals surface area contributed by atoms with Gasteiger partial charge in [-0.3, -0.25) is 14.4 Å². The van der Waals surface area contributed by atoms with E-state index in [0.717, 1.165) is 17.6 Å². The number of benzene rings is 1. The zero-order chi connectivity index (χ0) is 22.8. The largest absolute Gasteiger partial charge is 0.496 e. The molecule has 1 aromatic carbocycles. The molecular formula is C22H23ClFN3O4S. The van der Waals surface area contributed by atoms with Gasteiger partial charge in [-0.2, -0.15) is 11.8 Å².